The van der Waals surface area contributed by atoms with Crippen LogP contribution in [-0.4, -0.2) is 17.9 Å². The normalized spacial score (nSPS) is 21.2. The second-order valence-electron chi connectivity index (χ2n) is 7.70. The van der Waals surface area contributed by atoms with Crippen LogP contribution in [0.1, 0.15) is 52.0 Å². The summed E-state index contributed by atoms with van der Waals surface area (Å²) in [6.45, 7) is 7.11. The topological polar surface area (TPSA) is 58.2 Å². The number of halogens is 1. The zero-order chi connectivity index (χ0) is 17.7. The van der Waals surface area contributed by atoms with Gasteiger partial charge in [-0.05, 0) is 54.7 Å². The van der Waals surface area contributed by atoms with Gasteiger partial charge in [0.05, 0.1) is 0 Å². The molecule has 1 aliphatic carbocycles. The van der Waals surface area contributed by atoms with E-state index in [1.807, 2.05) is 12.1 Å². The molecule has 0 unspecified atom stereocenters. The predicted octanol–water partition coefficient (Wildman–Crippen LogP) is 3.68. The zero-order valence-electron chi connectivity index (χ0n) is 14.7. The van der Waals surface area contributed by atoms with E-state index in [4.69, 9.17) is 11.6 Å². The van der Waals surface area contributed by atoms with E-state index in [-0.39, 0.29) is 6.04 Å². The van der Waals surface area contributed by atoms with Crippen molar-refractivity contribution >= 4 is 23.4 Å². The molecule has 4 nitrogen and oxygen atoms in total. The van der Waals surface area contributed by atoms with Gasteiger partial charge in [-0.2, -0.15) is 0 Å². The van der Waals surface area contributed by atoms with Gasteiger partial charge >= 0.3 is 11.8 Å². The van der Waals surface area contributed by atoms with E-state index >= 15 is 0 Å². The number of carbonyl (C=O) groups is 2. The molecule has 1 aromatic carbocycles. The van der Waals surface area contributed by atoms with E-state index in [0.717, 1.165) is 31.2 Å². The van der Waals surface area contributed by atoms with Crippen LogP contribution in [0.4, 0.5) is 0 Å². The van der Waals surface area contributed by atoms with Crippen molar-refractivity contribution in [1.82, 2.24) is 10.6 Å². The minimum Gasteiger partial charge on any atom is -0.345 e. The molecule has 0 saturated heterocycles. The minimum atomic E-state index is -0.581. The van der Waals surface area contributed by atoms with Crippen molar-refractivity contribution in [2.75, 3.05) is 0 Å². The lowest BCUT2D eigenvalue weighted by Gasteiger charge is -2.37. The number of hydrogen-bond acceptors (Lipinski definition) is 2. The molecule has 0 atom stereocenters. The third-order valence-electron chi connectivity index (χ3n) is 4.86. The standard InChI is InChI=1S/C19H27ClN2O2/c1-19(2,3)14-6-10-16(11-7-14)22-18(24)17(23)21-12-13-4-8-15(20)9-5-13/h4-5,8-9,14,16H,6-7,10-12H2,1-3H3,(H,21,23)(H,22,24). The van der Waals surface area contributed by atoms with Gasteiger partial charge in [0.2, 0.25) is 0 Å². The first kappa shape index (κ1) is 18.8. The molecule has 0 radical (unpaired) electrons. The van der Waals surface area contributed by atoms with Crippen LogP contribution in [0.2, 0.25) is 5.02 Å². The van der Waals surface area contributed by atoms with E-state index < -0.39 is 11.8 Å². The lowest BCUT2D eigenvalue weighted by atomic mass is 9.71. The van der Waals surface area contributed by atoms with Crippen LogP contribution in [0.15, 0.2) is 24.3 Å². The second-order valence-corrected chi connectivity index (χ2v) is 8.13. The molecule has 2 N–H and O–H groups in total. The van der Waals surface area contributed by atoms with Crippen molar-refractivity contribution in [2.45, 2.75) is 59.0 Å². The molecule has 0 spiro atoms. The Morgan fingerprint density at radius 2 is 1.62 bits per heavy atom. The van der Waals surface area contributed by atoms with Crippen molar-refractivity contribution in [3.05, 3.63) is 34.9 Å². The average molecular weight is 351 g/mol. The zero-order valence-corrected chi connectivity index (χ0v) is 15.5. The first-order valence-electron chi connectivity index (χ1n) is 8.59. The molecule has 0 aliphatic heterocycles. The van der Waals surface area contributed by atoms with Crippen LogP contribution in [0, 0.1) is 11.3 Å². The maximum Gasteiger partial charge on any atom is 0.309 e. The third-order valence-corrected chi connectivity index (χ3v) is 5.11. The molecule has 5 heteroatoms. The van der Waals surface area contributed by atoms with Crippen LogP contribution in [0.5, 0.6) is 0 Å². The Morgan fingerprint density at radius 3 is 2.17 bits per heavy atom. The van der Waals surface area contributed by atoms with Gasteiger partial charge in [-0.1, -0.05) is 44.5 Å². The molecule has 2 amide bonds. The Balaban J connectivity index is 1.74. The monoisotopic (exact) mass is 350 g/mol. The lowest BCUT2D eigenvalue weighted by Crippen LogP contribution is -2.46. The quantitative estimate of drug-likeness (QED) is 0.817. The molecule has 24 heavy (non-hydrogen) atoms. The highest BCUT2D eigenvalue weighted by Gasteiger charge is 2.30. The SMILES string of the molecule is CC(C)(C)C1CCC(NC(=O)C(=O)NCc2ccc(Cl)cc2)CC1. The summed E-state index contributed by atoms with van der Waals surface area (Å²) in [5.41, 5.74) is 1.22. The summed E-state index contributed by atoms with van der Waals surface area (Å²) in [6, 6.07) is 7.29. The first-order chi connectivity index (χ1) is 11.3. The summed E-state index contributed by atoms with van der Waals surface area (Å²) in [5.74, 6) is -0.435. The number of rotatable bonds is 3. The Kier molecular flexibility index (Phi) is 6.27. The van der Waals surface area contributed by atoms with Crippen molar-refractivity contribution < 1.29 is 9.59 Å². The van der Waals surface area contributed by atoms with Crippen molar-refractivity contribution in [3.63, 3.8) is 0 Å². The Hall–Kier alpha value is -1.55. The molecule has 0 heterocycles. The van der Waals surface area contributed by atoms with Crippen LogP contribution < -0.4 is 10.6 Å². The van der Waals surface area contributed by atoms with Crippen LogP contribution in [-0.2, 0) is 16.1 Å². The highest BCUT2D eigenvalue weighted by molar-refractivity contribution is 6.35. The number of benzene rings is 1. The Morgan fingerprint density at radius 1 is 1.04 bits per heavy atom. The van der Waals surface area contributed by atoms with Crippen molar-refractivity contribution in [2.24, 2.45) is 11.3 Å². The maximum absolute atomic E-state index is 12.0. The molecule has 1 aromatic rings. The Bertz CT molecular complexity index is 570. The van der Waals surface area contributed by atoms with E-state index in [2.05, 4.69) is 31.4 Å². The molecule has 1 fully saturated rings. The van der Waals surface area contributed by atoms with Crippen molar-refractivity contribution in [3.8, 4) is 0 Å². The summed E-state index contributed by atoms with van der Waals surface area (Å²) in [4.78, 5) is 24.0. The predicted molar refractivity (Wildman–Crippen MR) is 96.6 cm³/mol. The van der Waals surface area contributed by atoms with Crippen LogP contribution >= 0.6 is 11.6 Å². The lowest BCUT2D eigenvalue weighted by molar-refractivity contribution is -0.139. The Labute approximate surface area is 149 Å². The van der Waals surface area contributed by atoms with Crippen LogP contribution in [0.25, 0.3) is 0 Å². The van der Waals surface area contributed by atoms with E-state index in [1.54, 1.807) is 12.1 Å². The average Bonchev–Trinajstić information content (AvgIpc) is 2.53. The highest BCUT2D eigenvalue weighted by atomic mass is 35.5. The van der Waals surface area contributed by atoms with Crippen LogP contribution in [0.3, 0.4) is 0 Å². The van der Waals surface area contributed by atoms with Gasteiger partial charge in [0.25, 0.3) is 0 Å². The molecule has 1 aliphatic rings. The van der Waals surface area contributed by atoms with Gasteiger partial charge in [0, 0.05) is 17.6 Å². The summed E-state index contributed by atoms with van der Waals surface area (Å²) in [5, 5.41) is 6.16. The van der Waals surface area contributed by atoms with Gasteiger partial charge in [-0.15, -0.1) is 0 Å². The first-order valence-corrected chi connectivity index (χ1v) is 8.96. The third kappa shape index (κ3) is 5.52. The summed E-state index contributed by atoms with van der Waals surface area (Å²) < 4.78 is 0. The van der Waals surface area contributed by atoms with Gasteiger partial charge in [0.15, 0.2) is 0 Å². The number of carbonyl (C=O) groups excluding carboxylic acids is 2. The molecule has 1 saturated carbocycles. The fourth-order valence-electron chi connectivity index (χ4n) is 3.22. The fraction of sp³-hybridized carbons (Fsp3) is 0.579. The summed E-state index contributed by atoms with van der Waals surface area (Å²) in [7, 11) is 0. The van der Waals surface area contributed by atoms with Gasteiger partial charge in [0.1, 0.15) is 0 Å². The van der Waals surface area contributed by atoms with Crippen molar-refractivity contribution in [1.29, 1.82) is 0 Å². The number of nitrogens with one attached hydrogen (secondary N) is 2. The molecule has 2 rings (SSSR count). The highest BCUT2D eigenvalue weighted by Crippen LogP contribution is 2.37. The number of amides is 2. The molecular weight excluding hydrogens is 324 g/mol. The molecule has 132 valence electrons. The second kappa shape index (κ2) is 8.02. The van der Waals surface area contributed by atoms with E-state index in [9.17, 15) is 9.59 Å². The summed E-state index contributed by atoms with van der Waals surface area (Å²) in [6.07, 6.45) is 4.08. The molecule has 0 aromatic heterocycles. The molecular formula is C19H27ClN2O2. The maximum atomic E-state index is 12.0. The van der Waals surface area contributed by atoms with Gasteiger partial charge in [-0.25, -0.2) is 0 Å². The summed E-state index contributed by atoms with van der Waals surface area (Å²) >= 11 is 5.82. The largest absolute Gasteiger partial charge is 0.345 e. The number of hydrogen-bond donors (Lipinski definition) is 2. The fourth-order valence-corrected chi connectivity index (χ4v) is 3.35. The van der Waals surface area contributed by atoms with E-state index in [0.29, 0.717) is 22.9 Å². The van der Waals surface area contributed by atoms with Gasteiger partial charge in [-0.3, -0.25) is 9.59 Å². The van der Waals surface area contributed by atoms with E-state index in [1.165, 1.54) is 0 Å². The molecule has 0 bridgehead atoms. The smallest absolute Gasteiger partial charge is 0.309 e. The minimum absolute atomic E-state index is 0.109. The van der Waals surface area contributed by atoms with Gasteiger partial charge < -0.3 is 10.6 Å².